The molecule has 0 radical (unpaired) electrons. The molecule has 0 saturated heterocycles. The number of hydrogen-bond donors (Lipinski definition) is 0. The Balaban J connectivity index is 1.72. The van der Waals surface area contributed by atoms with Crippen LogP contribution in [0.15, 0.2) is 70.2 Å². The number of ether oxygens (including phenoxy) is 2. The molecule has 0 atom stereocenters. The Morgan fingerprint density at radius 2 is 1.80 bits per heavy atom. The molecule has 0 aliphatic rings. The van der Waals surface area contributed by atoms with Gasteiger partial charge in [-0.2, -0.15) is 0 Å². The van der Waals surface area contributed by atoms with Crippen LogP contribution in [0.25, 0.3) is 0 Å². The molecule has 0 fully saturated rings. The van der Waals surface area contributed by atoms with Crippen LogP contribution in [0.3, 0.4) is 0 Å². The number of ketones is 1. The molecule has 3 rings (SSSR count). The molecular weight excluding hydrogens is 415 g/mol. The number of methoxy groups -OCH3 is 1. The third-order valence-electron chi connectivity index (χ3n) is 4.18. The fourth-order valence-electron chi connectivity index (χ4n) is 2.72. The molecule has 156 valence electrons. The zero-order valence-corrected chi connectivity index (χ0v) is 16.6. The molecule has 0 amide bonds. The standard InChI is InChI=1S/C21H17FO7S/c1-27-19-8-7-15(22)11-17(19)18(23)12-29-21(24)20-14(9-10-28-20)13-30(25,26)16-5-3-2-4-6-16/h2-11H,12-13H2,1H3. The Labute approximate surface area is 172 Å². The first kappa shape index (κ1) is 21.3. The van der Waals surface area contributed by atoms with E-state index in [4.69, 9.17) is 13.9 Å². The van der Waals surface area contributed by atoms with Crippen LogP contribution in [0.4, 0.5) is 4.39 Å². The van der Waals surface area contributed by atoms with Gasteiger partial charge in [-0.05, 0) is 36.4 Å². The van der Waals surface area contributed by atoms with Gasteiger partial charge in [-0.1, -0.05) is 18.2 Å². The van der Waals surface area contributed by atoms with Gasteiger partial charge in [0, 0.05) is 5.56 Å². The van der Waals surface area contributed by atoms with Gasteiger partial charge in [0.2, 0.25) is 11.5 Å². The van der Waals surface area contributed by atoms with Crippen LogP contribution in [0.5, 0.6) is 5.75 Å². The van der Waals surface area contributed by atoms with Crippen molar-refractivity contribution in [2.75, 3.05) is 13.7 Å². The number of carbonyl (C=O) groups is 2. The fraction of sp³-hybridized carbons (Fsp3) is 0.143. The van der Waals surface area contributed by atoms with Crippen molar-refractivity contribution in [3.8, 4) is 5.75 Å². The highest BCUT2D eigenvalue weighted by Gasteiger charge is 2.24. The van der Waals surface area contributed by atoms with Crippen LogP contribution >= 0.6 is 0 Å². The van der Waals surface area contributed by atoms with E-state index in [1.807, 2.05) is 0 Å². The van der Waals surface area contributed by atoms with Crippen molar-refractivity contribution in [1.82, 2.24) is 0 Å². The van der Waals surface area contributed by atoms with Crippen molar-refractivity contribution in [2.45, 2.75) is 10.6 Å². The number of furan rings is 1. The summed E-state index contributed by atoms with van der Waals surface area (Å²) in [5.41, 5.74) is 0.0104. The minimum atomic E-state index is -3.72. The molecule has 7 nitrogen and oxygen atoms in total. The smallest absolute Gasteiger partial charge is 0.374 e. The molecular formula is C21H17FO7S. The van der Waals surface area contributed by atoms with Crippen LogP contribution in [0, 0.1) is 5.82 Å². The number of halogens is 1. The topological polar surface area (TPSA) is 99.9 Å². The lowest BCUT2D eigenvalue weighted by Gasteiger charge is -2.08. The molecule has 3 aromatic rings. The number of carbonyl (C=O) groups excluding carboxylic acids is 2. The summed E-state index contributed by atoms with van der Waals surface area (Å²) in [7, 11) is -2.40. The lowest BCUT2D eigenvalue weighted by molar-refractivity contribution is 0.0442. The average Bonchev–Trinajstić information content (AvgIpc) is 3.19. The summed E-state index contributed by atoms with van der Waals surface area (Å²) in [5.74, 6) is -3.03. The van der Waals surface area contributed by atoms with E-state index in [9.17, 15) is 22.4 Å². The van der Waals surface area contributed by atoms with Gasteiger partial charge >= 0.3 is 5.97 Å². The van der Waals surface area contributed by atoms with Gasteiger partial charge in [-0.3, -0.25) is 4.79 Å². The van der Waals surface area contributed by atoms with Crippen molar-refractivity contribution < 1.29 is 36.3 Å². The van der Waals surface area contributed by atoms with Gasteiger partial charge in [0.1, 0.15) is 11.6 Å². The third kappa shape index (κ3) is 4.74. The summed E-state index contributed by atoms with van der Waals surface area (Å²) in [6.07, 6.45) is 1.16. The zero-order chi connectivity index (χ0) is 21.7. The van der Waals surface area contributed by atoms with Crippen LogP contribution in [-0.4, -0.2) is 33.9 Å². The summed E-state index contributed by atoms with van der Waals surface area (Å²) < 4.78 is 53.5. The maximum atomic E-state index is 13.4. The van der Waals surface area contributed by atoms with Crippen LogP contribution in [-0.2, 0) is 20.3 Å². The van der Waals surface area contributed by atoms with Gasteiger partial charge in [-0.15, -0.1) is 0 Å². The maximum absolute atomic E-state index is 13.4. The Kier molecular flexibility index (Phi) is 6.31. The Bertz CT molecular complexity index is 1170. The molecule has 0 N–H and O–H groups in total. The zero-order valence-electron chi connectivity index (χ0n) is 15.8. The first-order valence-corrected chi connectivity index (χ1v) is 10.3. The normalized spacial score (nSPS) is 11.1. The number of benzene rings is 2. The van der Waals surface area contributed by atoms with Crippen molar-refractivity contribution in [1.29, 1.82) is 0 Å². The van der Waals surface area contributed by atoms with E-state index < -0.39 is 39.8 Å². The molecule has 0 aliphatic carbocycles. The van der Waals surface area contributed by atoms with Crippen molar-refractivity contribution in [3.05, 3.63) is 83.6 Å². The van der Waals surface area contributed by atoms with Gasteiger partial charge in [0.05, 0.1) is 29.6 Å². The van der Waals surface area contributed by atoms with Crippen LogP contribution in [0.2, 0.25) is 0 Å². The number of esters is 1. The lowest BCUT2D eigenvalue weighted by Crippen LogP contribution is -2.16. The second kappa shape index (κ2) is 8.91. The molecule has 1 aromatic heterocycles. The Morgan fingerprint density at radius 3 is 2.50 bits per heavy atom. The molecule has 0 bridgehead atoms. The maximum Gasteiger partial charge on any atom is 0.374 e. The minimum absolute atomic E-state index is 0.0865. The molecule has 30 heavy (non-hydrogen) atoms. The van der Waals surface area contributed by atoms with E-state index in [1.165, 1.54) is 31.4 Å². The first-order chi connectivity index (χ1) is 14.3. The Morgan fingerprint density at radius 1 is 1.07 bits per heavy atom. The van der Waals surface area contributed by atoms with Gasteiger partial charge in [0.25, 0.3) is 0 Å². The monoisotopic (exact) mass is 432 g/mol. The summed E-state index contributed by atoms with van der Waals surface area (Å²) in [5, 5.41) is 0. The minimum Gasteiger partial charge on any atom is -0.496 e. The van der Waals surface area contributed by atoms with E-state index in [1.54, 1.807) is 18.2 Å². The molecule has 0 unspecified atom stereocenters. The second-order valence-corrected chi connectivity index (χ2v) is 8.18. The number of sulfone groups is 1. The Hall–Kier alpha value is -3.46. The highest BCUT2D eigenvalue weighted by atomic mass is 32.2. The van der Waals surface area contributed by atoms with Crippen LogP contribution < -0.4 is 4.74 Å². The molecule has 1 heterocycles. The van der Waals surface area contributed by atoms with Crippen molar-refractivity contribution >= 4 is 21.6 Å². The van der Waals surface area contributed by atoms with Crippen LogP contribution in [0.1, 0.15) is 26.5 Å². The summed E-state index contributed by atoms with van der Waals surface area (Å²) in [4.78, 5) is 24.7. The van der Waals surface area contributed by atoms with E-state index in [2.05, 4.69) is 0 Å². The van der Waals surface area contributed by atoms with Gasteiger partial charge in [-0.25, -0.2) is 17.6 Å². The van der Waals surface area contributed by atoms with E-state index in [0.29, 0.717) is 0 Å². The first-order valence-electron chi connectivity index (χ1n) is 8.70. The SMILES string of the molecule is COc1ccc(F)cc1C(=O)COC(=O)c1occc1CS(=O)(=O)c1ccccc1. The van der Waals surface area contributed by atoms with E-state index in [0.717, 1.165) is 18.4 Å². The second-order valence-electron chi connectivity index (χ2n) is 6.19. The average molecular weight is 432 g/mol. The van der Waals surface area contributed by atoms with E-state index in [-0.39, 0.29) is 27.5 Å². The van der Waals surface area contributed by atoms with Crippen molar-refractivity contribution in [2.24, 2.45) is 0 Å². The highest BCUT2D eigenvalue weighted by Crippen LogP contribution is 2.22. The highest BCUT2D eigenvalue weighted by molar-refractivity contribution is 7.90. The molecule has 0 spiro atoms. The lowest BCUT2D eigenvalue weighted by atomic mass is 10.1. The number of hydrogen-bond acceptors (Lipinski definition) is 7. The molecule has 0 aliphatic heterocycles. The molecule has 9 heteroatoms. The van der Waals surface area contributed by atoms with Gasteiger partial charge < -0.3 is 13.9 Å². The summed E-state index contributed by atoms with van der Waals surface area (Å²) >= 11 is 0. The number of Topliss-reactive ketones (excluding diaryl/α,β-unsaturated/α-hetero) is 1. The molecule has 0 saturated carbocycles. The quantitative estimate of drug-likeness (QED) is 0.397. The predicted molar refractivity (Wildman–Crippen MR) is 104 cm³/mol. The summed E-state index contributed by atoms with van der Waals surface area (Å²) in [6, 6.07) is 12.5. The summed E-state index contributed by atoms with van der Waals surface area (Å²) in [6.45, 7) is -0.704. The largest absolute Gasteiger partial charge is 0.496 e. The number of rotatable bonds is 8. The predicted octanol–water partition coefficient (Wildman–Crippen LogP) is 3.44. The fourth-order valence-corrected chi connectivity index (χ4v) is 4.09. The van der Waals surface area contributed by atoms with Crippen molar-refractivity contribution in [3.63, 3.8) is 0 Å². The van der Waals surface area contributed by atoms with Gasteiger partial charge in [0.15, 0.2) is 16.4 Å². The molecule has 2 aromatic carbocycles. The van der Waals surface area contributed by atoms with E-state index >= 15 is 0 Å². The third-order valence-corrected chi connectivity index (χ3v) is 5.86.